The van der Waals surface area contributed by atoms with Gasteiger partial charge < -0.3 is 15.7 Å². The first-order chi connectivity index (χ1) is 8.53. The predicted octanol–water partition coefficient (Wildman–Crippen LogP) is 1.32. The van der Waals surface area contributed by atoms with Gasteiger partial charge in [0, 0.05) is 6.54 Å². The Kier molecular flexibility index (Phi) is 3.34. The summed E-state index contributed by atoms with van der Waals surface area (Å²) in [4.78, 5) is 23.2. The topological polar surface area (TPSA) is 78.4 Å². The van der Waals surface area contributed by atoms with Crippen molar-refractivity contribution < 1.29 is 14.7 Å². The molecule has 0 aliphatic carbocycles. The van der Waals surface area contributed by atoms with Crippen LogP contribution in [0, 0.1) is 5.41 Å². The molecule has 96 valence electrons. The van der Waals surface area contributed by atoms with E-state index >= 15 is 0 Å². The molecule has 1 aromatic rings. The third kappa shape index (κ3) is 2.36. The van der Waals surface area contributed by atoms with Crippen LogP contribution in [0.1, 0.15) is 23.7 Å². The normalized spacial score (nSPS) is 22.7. The zero-order valence-corrected chi connectivity index (χ0v) is 10.2. The highest BCUT2D eigenvalue weighted by molar-refractivity contribution is 6.02. The third-order valence-corrected chi connectivity index (χ3v) is 3.32. The lowest BCUT2D eigenvalue weighted by molar-refractivity contribution is -0.123. The van der Waals surface area contributed by atoms with Gasteiger partial charge in [-0.05, 0) is 32.0 Å². The van der Waals surface area contributed by atoms with Crippen molar-refractivity contribution in [2.24, 2.45) is 5.41 Å². The SMILES string of the molecule is CC1(C(=O)Nc2ccccc2C(=O)O)CCNC1. The van der Waals surface area contributed by atoms with Crippen LogP contribution in [0.2, 0.25) is 0 Å². The molecule has 0 saturated carbocycles. The van der Waals surface area contributed by atoms with Crippen LogP contribution in [-0.2, 0) is 4.79 Å². The van der Waals surface area contributed by atoms with E-state index in [-0.39, 0.29) is 11.5 Å². The van der Waals surface area contributed by atoms with Crippen molar-refractivity contribution >= 4 is 17.6 Å². The molecule has 0 radical (unpaired) electrons. The number of nitrogens with one attached hydrogen (secondary N) is 2. The summed E-state index contributed by atoms with van der Waals surface area (Å²) in [6.45, 7) is 3.31. The monoisotopic (exact) mass is 248 g/mol. The maximum atomic E-state index is 12.2. The summed E-state index contributed by atoms with van der Waals surface area (Å²) in [5.41, 5.74) is -0.00505. The van der Waals surface area contributed by atoms with E-state index in [2.05, 4.69) is 10.6 Å². The highest BCUT2D eigenvalue weighted by Gasteiger charge is 2.36. The van der Waals surface area contributed by atoms with Crippen LogP contribution < -0.4 is 10.6 Å². The van der Waals surface area contributed by atoms with Gasteiger partial charge in [-0.3, -0.25) is 4.79 Å². The van der Waals surface area contributed by atoms with Crippen molar-refractivity contribution in [3.63, 3.8) is 0 Å². The summed E-state index contributed by atoms with van der Waals surface area (Å²) in [5, 5.41) is 14.9. The molecule has 3 N–H and O–H groups in total. The first-order valence-electron chi connectivity index (χ1n) is 5.87. The average Bonchev–Trinajstić information content (AvgIpc) is 2.78. The molecule has 5 nitrogen and oxygen atoms in total. The molecule has 1 atom stereocenters. The molecule has 1 unspecified atom stereocenters. The Labute approximate surface area is 105 Å². The Balaban J connectivity index is 2.19. The second-order valence-electron chi connectivity index (χ2n) is 4.79. The average molecular weight is 248 g/mol. The van der Waals surface area contributed by atoms with E-state index in [9.17, 15) is 9.59 Å². The lowest BCUT2D eigenvalue weighted by Crippen LogP contribution is -2.35. The zero-order valence-electron chi connectivity index (χ0n) is 10.2. The molecule has 0 bridgehead atoms. The van der Waals surface area contributed by atoms with Crippen LogP contribution in [-0.4, -0.2) is 30.1 Å². The van der Waals surface area contributed by atoms with Gasteiger partial charge in [-0.2, -0.15) is 0 Å². The molecule has 0 spiro atoms. The third-order valence-electron chi connectivity index (χ3n) is 3.32. The molecule has 1 amide bonds. The standard InChI is InChI=1S/C13H16N2O3/c1-13(6-7-14-8-13)12(18)15-10-5-3-2-4-9(10)11(16)17/h2-5,14H,6-8H2,1H3,(H,15,18)(H,16,17). The summed E-state index contributed by atoms with van der Waals surface area (Å²) < 4.78 is 0. The number of hydrogen-bond donors (Lipinski definition) is 3. The quantitative estimate of drug-likeness (QED) is 0.754. The van der Waals surface area contributed by atoms with E-state index in [0.29, 0.717) is 12.2 Å². The van der Waals surface area contributed by atoms with Gasteiger partial charge in [0.25, 0.3) is 0 Å². The lowest BCUT2D eigenvalue weighted by Gasteiger charge is -2.22. The maximum Gasteiger partial charge on any atom is 0.337 e. The second-order valence-corrected chi connectivity index (χ2v) is 4.79. The van der Waals surface area contributed by atoms with E-state index in [4.69, 9.17) is 5.11 Å². The van der Waals surface area contributed by atoms with Crippen LogP contribution in [0.15, 0.2) is 24.3 Å². The van der Waals surface area contributed by atoms with Crippen molar-refractivity contribution in [3.05, 3.63) is 29.8 Å². The molecule has 1 aromatic carbocycles. The number of amides is 1. The Morgan fingerprint density at radius 3 is 2.72 bits per heavy atom. The largest absolute Gasteiger partial charge is 0.478 e. The summed E-state index contributed by atoms with van der Waals surface area (Å²) in [5.74, 6) is -1.18. The minimum Gasteiger partial charge on any atom is -0.478 e. The van der Waals surface area contributed by atoms with Crippen LogP contribution in [0.4, 0.5) is 5.69 Å². The van der Waals surface area contributed by atoms with Crippen molar-refractivity contribution in [1.82, 2.24) is 5.32 Å². The number of carboxylic acid groups (broad SMARTS) is 1. The van der Waals surface area contributed by atoms with Crippen molar-refractivity contribution in [2.75, 3.05) is 18.4 Å². The van der Waals surface area contributed by atoms with Crippen LogP contribution in [0.5, 0.6) is 0 Å². The Morgan fingerprint density at radius 2 is 2.11 bits per heavy atom. The first-order valence-corrected chi connectivity index (χ1v) is 5.87. The highest BCUT2D eigenvalue weighted by Crippen LogP contribution is 2.27. The Hall–Kier alpha value is -1.88. The fraction of sp³-hybridized carbons (Fsp3) is 0.385. The number of rotatable bonds is 3. The molecule has 0 aromatic heterocycles. The number of anilines is 1. The number of benzene rings is 1. The van der Waals surface area contributed by atoms with Crippen LogP contribution >= 0.6 is 0 Å². The Morgan fingerprint density at radius 1 is 1.39 bits per heavy atom. The number of para-hydroxylation sites is 1. The molecule has 1 aliphatic rings. The lowest BCUT2D eigenvalue weighted by atomic mass is 9.88. The van der Waals surface area contributed by atoms with Gasteiger partial charge in [-0.1, -0.05) is 12.1 Å². The summed E-state index contributed by atoms with van der Waals surface area (Å²) in [6.07, 6.45) is 0.758. The van der Waals surface area contributed by atoms with Crippen molar-refractivity contribution in [1.29, 1.82) is 0 Å². The van der Waals surface area contributed by atoms with Crippen molar-refractivity contribution in [2.45, 2.75) is 13.3 Å². The molecule has 18 heavy (non-hydrogen) atoms. The summed E-state index contributed by atoms with van der Waals surface area (Å²) in [6, 6.07) is 6.43. The molecule has 1 fully saturated rings. The molecule has 1 aliphatic heterocycles. The van der Waals surface area contributed by atoms with Gasteiger partial charge in [0.2, 0.25) is 5.91 Å². The van der Waals surface area contributed by atoms with Gasteiger partial charge in [0.15, 0.2) is 0 Å². The summed E-state index contributed by atoms with van der Waals surface area (Å²) in [7, 11) is 0. The maximum absolute atomic E-state index is 12.2. The molecule has 2 rings (SSSR count). The zero-order chi connectivity index (χ0) is 13.2. The first kappa shape index (κ1) is 12.6. The van der Waals surface area contributed by atoms with Gasteiger partial charge in [0.1, 0.15) is 0 Å². The van der Waals surface area contributed by atoms with E-state index in [1.165, 1.54) is 6.07 Å². The number of hydrogen-bond acceptors (Lipinski definition) is 3. The van der Waals surface area contributed by atoms with Gasteiger partial charge >= 0.3 is 5.97 Å². The molecular formula is C13H16N2O3. The fourth-order valence-electron chi connectivity index (χ4n) is 2.06. The van der Waals surface area contributed by atoms with Crippen molar-refractivity contribution in [3.8, 4) is 0 Å². The van der Waals surface area contributed by atoms with E-state index in [0.717, 1.165) is 13.0 Å². The number of carboxylic acids is 1. The smallest absolute Gasteiger partial charge is 0.337 e. The molecule has 1 heterocycles. The minimum absolute atomic E-state index is 0.111. The Bertz CT molecular complexity index is 479. The highest BCUT2D eigenvalue weighted by atomic mass is 16.4. The van der Waals surface area contributed by atoms with Gasteiger partial charge in [-0.15, -0.1) is 0 Å². The predicted molar refractivity (Wildman–Crippen MR) is 67.6 cm³/mol. The number of carbonyl (C=O) groups is 2. The van der Waals surface area contributed by atoms with Crippen LogP contribution in [0.25, 0.3) is 0 Å². The second kappa shape index (κ2) is 4.78. The molecular weight excluding hydrogens is 232 g/mol. The van der Waals surface area contributed by atoms with Gasteiger partial charge in [0.05, 0.1) is 16.7 Å². The summed E-state index contributed by atoms with van der Waals surface area (Å²) >= 11 is 0. The fourth-order valence-corrected chi connectivity index (χ4v) is 2.06. The van der Waals surface area contributed by atoms with E-state index in [1.54, 1.807) is 18.2 Å². The van der Waals surface area contributed by atoms with E-state index < -0.39 is 11.4 Å². The molecule has 1 saturated heterocycles. The number of aromatic carboxylic acids is 1. The van der Waals surface area contributed by atoms with Gasteiger partial charge in [-0.25, -0.2) is 4.79 Å². The van der Waals surface area contributed by atoms with E-state index in [1.807, 2.05) is 6.92 Å². The number of carbonyl (C=O) groups excluding carboxylic acids is 1. The molecule has 5 heteroatoms. The minimum atomic E-state index is -1.04. The van der Waals surface area contributed by atoms with Crippen LogP contribution in [0.3, 0.4) is 0 Å².